The third-order valence-corrected chi connectivity index (χ3v) is 25.8. The molecule has 0 bridgehead atoms. The molecule has 4 aliphatic rings. The van der Waals surface area contributed by atoms with E-state index in [1.54, 1.807) is 107 Å². The minimum Gasteiger partial charge on any atom is -0.644 e. The Labute approximate surface area is 775 Å². The molecule has 0 spiro atoms. The fraction of sp³-hybridized carbons (Fsp3) is 0.327. The Morgan fingerprint density at radius 1 is 0.265 bits per heavy atom. The summed E-state index contributed by atoms with van der Waals surface area (Å²) >= 11 is 1.43. The minimum absolute atomic E-state index is 0.0943. The average molecular weight is 1960 g/mol. The largest absolute Gasteiger partial charge is 0.644 e. The van der Waals surface area contributed by atoms with Gasteiger partial charge in [-0.05, 0) is 171 Å². The number of fused-ring (bicyclic) bond motifs is 2. The van der Waals surface area contributed by atoms with Crippen LogP contribution in [0.3, 0.4) is 0 Å². The molecule has 0 atom stereocenters. The monoisotopic (exact) mass is 1960 g/mol. The van der Waals surface area contributed by atoms with Gasteiger partial charge in [-0.1, -0.05) is 175 Å². The highest BCUT2D eigenvalue weighted by atomic mass is 32.1. The maximum absolute atomic E-state index is 15.9. The van der Waals surface area contributed by atoms with Crippen LogP contribution in [0, 0.1) is 0 Å². The van der Waals surface area contributed by atoms with Gasteiger partial charge in [0.25, 0.3) is 0 Å². The first-order valence-corrected chi connectivity index (χ1v) is 45.7. The Hall–Kier alpha value is -11.7. The molecule has 6 heterocycles. The SMILES string of the molecule is CCCCCCOc1ccc(N(c2ccc(OCCCCCC)cc2)c2ccc(C3=[N+]4C(=C(C5=C6C=CC(c7ccc(N(c8ccc(OCCCCCC)cc8)c8ccc(OCCCCCC)cc8)s7)=[N+]6[B-](c6cc(C(F)(F)F)cc(C(F)(F)F)c6)(c6cc(C(F)(F)F)cc(C(F)(F)F)c6)O5)O[B-]4(c4cc(C(F)(F)F)cc(C(F)(F)F)c4)c4cc(C(F)(F)F)cc(C(F)(F)F)c4)C=C3)s2)cc1. The van der Waals surface area contributed by atoms with Crippen LogP contribution in [-0.2, 0) is 58.7 Å². The second kappa shape index (κ2) is 40.2. The summed E-state index contributed by atoms with van der Waals surface area (Å²) in [6.07, 6.45) is -30.3. The molecule has 4 aliphatic heterocycles. The van der Waals surface area contributed by atoms with Crippen molar-refractivity contribution in [2.75, 3.05) is 36.2 Å². The number of hydrogen-bond acceptors (Lipinski definition) is 10. The van der Waals surface area contributed by atoms with E-state index in [4.69, 9.17) is 28.3 Å². The lowest BCUT2D eigenvalue weighted by Crippen LogP contribution is -2.67. The van der Waals surface area contributed by atoms with Crippen LogP contribution in [0.2, 0.25) is 0 Å². The number of hydrogen-bond donors (Lipinski definition) is 0. The van der Waals surface area contributed by atoms with Crippen molar-refractivity contribution in [3.63, 3.8) is 0 Å². The van der Waals surface area contributed by atoms with E-state index < -0.39 is 187 Å². The maximum atomic E-state index is 15.9. The topological polar surface area (TPSA) is 67.9 Å². The van der Waals surface area contributed by atoms with Crippen molar-refractivity contribution >= 4 is 102 Å². The lowest BCUT2D eigenvalue weighted by molar-refractivity contribution is -0.327. The van der Waals surface area contributed by atoms with Crippen LogP contribution in [-0.4, -0.2) is 59.8 Å². The molecule has 0 saturated heterocycles. The van der Waals surface area contributed by atoms with Gasteiger partial charge in [-0.2, -0.15) is 105 Å². The van der Waals surface area contributed by atoms with Crippen LogP contribution in [0.15, 0.2) is 241 Å². The van der Waals surface area contributed by atoms with E-state index in [1.807, 2.05) is 27.7 Å². The third-order valence-electron chi connectivity index (χ3n) is 23.6. The molecule has 722 valence electrons. The lowest BCUT2D eigenvalue weighted by Gasteiger charge is -2.36. The van der Waals surface area contributed by atoms with Gasteiger partial charge in [0, 0.05) is 47.1 Å². The van der Waals surface area contributed by atoms with Gasteiger partial charge in [0.05, 0.1) is 80.7 Å². The predicted octanol–water partition coefficient (Wildman–Crippen LogP) is 29.2. The molecule has 14 rings (SSSR count). The molecule has 0 aliphatic carbocycles. The molecule has 8 aromatic carbocycles. The van der Waals surface area contributed by atoms with Gasteiger partial charge < -0.3 is 47.0 Å². The third kappa shape index (κ3) is 22.0. The Balaban J connectivity index is 1.09. The Morgan fingerprint density at radius 3 is 0.676 bits per heavy atom. The fourth-order valence-corrected chi connectivity index (χ4v) is 19.2. The number of alkyl halides is 24. The number of nitrogens with zero attached hydrogens (tertiary/aromatic N) is 4. The zero-order valence-corrected chi connectivity index (χ0v) is 74.8. The summed E-state index contributed by atoms with van der Waals surface area (Å²) in [5.74, 6) is -1.04. The van der Waals surface area contributed by atoms with Crippen molar-refractivity contribution in [3.05, 3.63) is 296 Å². The molecule has 0 fully saturated rings. The van der Waals surface area contributed by atoms with Gasteiger partial charge in [-0.3, -0.25) is 0 Å². The van der Waals surface area contributed by atoms with Crippen molar-refractivity contribution in [3.8, 4) is 23.0 Å². The van der Waals surface area contributed by atoms with Crippen LogP contribution in [0.1, 0.15) is 185 Å². The van der Waals surface area contributed by atoms with Gasteiger partial charge in [-0.25, -0.2) is 0 Å². The summed E-state index contributed by atoms with van der Waals surface area (Å²) in [4.78, 5) is 2.80. The number of allylic oxidation sites excluding steroid dienone is 4. The molecular weight excluding hydrogens is 1870 g/mol. The fourth-order valence-electron chi connectivity index (χ4n) is 17.1. The summed E-state index contributed by atoms with van der Waals surface area (Å²) < 4.78 is 422. The Morgan fingerprint density at radius 2 is 0.478 bits per heavy atom. The molecule has 38 heteroatoms. The standard InChI is InChI=1S/C98H88B2F24N4O6S2/c1-5-9-13-17-45-129-77-29-21-73(22-30-77)125(74-23-31-78(32-24-74)130-46-18-14-10-6-2)87-43-41-85(135-87)81-37-39-83-89(133-99(127(81)83,69-53-61(91(101,102)103)49-62(54-69)92(104,105)106)70-55-63(93(107,108)109)50-64(56-70)94(110,111)112)90-84-40-38-82(86-42-44-88(136-86)126(75-25-33-79(34-26-75)131-47-19-15-11-7-3)76-27-35-80(36-28-76)132-48-20-16-12-8-4)128(84)100(134-90,71-57-65(95(113,114)115)51-66(58-71)96(116,117)118)72-59-67(97(119,120)121)52-68(60-72)98(122,123)124/h21-44,49-60H,5-20,45-48H2,1-4H3. The first-order chi connectivity index (χ1) is 64.3. The highest BCUT2D eigenvalue weighted by molar-refractivity contribution is 7.18. The van der Waals surface area contributed by atoms with Crippen LogP contribution in [0.5, 0.6) is 23.0 Å². The number of halogens is 24. The molecule has 10 aromatic rings. The number of benzene rings is 8. The molecule has 136 heavy (non-hydrogen) atoms. The summed E-state index contributed by atoms with van der Waals surface area (Å²) in [5, 5.41) is 0.281. The van der Waals surface area contributed by atoms with Crippen molar-refractivity contribution in [2.45, 2.75) is 180 Å². The molecule has 0 amide bonds. The quantitative estimate of drug-likeness (QED) is 0.0217. The van der Waals surface area contributed by atoms with E-state index in [0.717, 1.165) is 101 Å². The number of ether oxygens (including phenoxy) is 4. The molecule has 0 unspecified atom stereocenters. The second-order valence-electron chi connectivity index (χ2n) is 33.2. The van der Waals surface area contributed by atoms with Crippen LogP contribution >= 0.6 is 22.7 Å². The van der Waals surface area contributed by atoms with Crippen molar-refractivity contribution in [1.29, 1.82) is 0 Å². The Bertz CT molecular complexity index is 5380. The van der Waals surface area contributed by atoms with Crippen LogP contribution in [0.4, 0.5) is 138 Å². The highest BCUT2D eigenvalue weighted by Crippen LogP contribution is 2.52. The van der Waals surface area contributed by atoms with Gasteiger partial charge in [0.2, 0.25) is 0 Å². The van der Waals surface area contributed by atoms with E-state index >= 15 is 105 Å². The first kappa shape index (κ1) is 100. The smallest absolute Gasteiger partial charge is 0.514 e. The maximum Gasteiger partial charge on any atom is 0.514 e. The molecule has 10 nitrogen and oxygen atoms in total. The first-order valence-electron chi connectivity index (χ1n) is 44.0. The van der Waals surface area contributed by atoms with Crippen molar-refractivity contribution in [2.24, 2.45) is 0 Å². The number of anilines is 6. The van der Waals surface area contributed by atoms with Gasteiger partial charge >= 0.3 is 62.4 Å². The zero-order chi connectivity index (χ0) is 97.9. The summed E-state index contributed by atoms with van der Waals surface area (Å²) in [6.45, 7) is -1.15. The van der Waals surface area contributed by atoms with Crippen LogP contribution in [0.25, 0.3) is 0 Å². The minimum atomic E-state index is -5.96. The Kier molecular flexibility index (Phi) is 29.6. The highest BCUT2D eigenvalue weighted by Gasteiger charge is 2.64. The second-order valence-corrected chi connectivity index (χ2v) is 35.4. The zero-order valence-electron chi connectivity index (χ0n) is 73.2. The molecule has 0 saturated carbocycles. The normalized spacial score (nSPS) is 15.1. The number of rotatable bonds is 37. The van der Waals surface area contributed by atoms with Crippen LogP contribution < -0.4 is 50.6 Å². The van der Waals surface area contributed by atoms with Gasteiger partial charge in [0.15, 0.2) is 34.3 Å². The van der Waals surface area contributed by atoms with Gasteiger partial charge in [-0.15, -0.1) is 22.7 Å². The number of thiophene rings is 2. The van der Waals surface area contributed by atoms with E-state index in [9.17, 15) is 0 Å². The van der Waals surface area contributed by atoms with E-state index in [0.29, 0.717) is 130 Å². The predicted molar refractivity (Wildman–Crippen MR) is 476 cm³/mol. The molecule has 0 N–H and O–H groups in total. The van der Waals surface area contributed by atoms with Gasteiger partial charge in [0.1, 0.15) is 33.0 Å². The summed E-state index contributed by atoms with van der Waals surface area (Å²) in [7, 11) is 0. The lowest BCUT2D eigenvalue weighted by atomic mass is 9.40. The number of unbranched alkanes of at least 4 members (excludes halogenated alkanes) is 12. The summed E-state index contributed by atoms with van der Waals surface area (Å²) in [5.41, 5.74) is -26.3. The van der Waals surface area contributed by atoms with E-state index in [2.05, 4.69) is 0 Å². The van der Waals surface area contributed by atoms with E-state index in [1.165, 1.54) is 24.3 Å². The summed E-state index contributed by atoms with van der Waals surface area (Å²) in [6, 6.07) is 28.9. The van der Waals surface area contributed by atoms with Crippen molar-refractivity contribution < 1.29 is 143 Å². The molecular formula is C98H88B2F24N4O6S2. The molecule has 0 radical (unpaired) electrons. The van der Waals surface area contributed by atoms with Crippen molar-refractivity contribution in [1.82, 2.24) is 0 Å². The van der Waals surface area contributed by atoms with E-state index in [-0.39, 0.29) is 68.3 Å². The molecule has 2 aromatic heterocycles. The average Bonchev–Trinajstić information content (AvgIpc) is 1.51.